The fourth-order valence-corrected chi connectivity index (χ4v) is 0.607. The lowest BCUT2D eigenvalue weighted by molar-refractivity contribution is -0.130. The predicted octanol–water partition coefficient (Wildman–Crippen LogP) is 2.19. The molecule has 0 unspecified atom stereocenters. The number of hydrogen-bond donors (Lipinski definition) is 0. The summed E-state index contributed by atoms with van der Waals surface area (Å²) in [6, 6.07) is 0. The summed E-state index contributed by atoms with van der Waals surface area (Å²) in [7, 11) is 1.55. The summed E-state index contributed by atoms with van der Waals surface area (Å²) in [5.74, 6) is 0. The largest absolute Gasteiger partial charge is 0.442 e. The minimum absolute atomic E-state index is 0.457. The first-order valence-electron chi connectivity index (χ1n) is 4.46. The van der Waals surface area contributed by atoms with E-state index in [4.69, 9.17) is 9.57 Å². The number of nitrogens with zero attached hydrogens (tertiary/aromatic N) is 1. The van der Waals surface area contributed by atoms with Gasteiger partial charge in [-0.15, -0.1) is 0 Å². The first-order valence-corrected chi connectivity index (χ1v) is 4.46. The first-order chi connectivity index (χ1) is 5.87. The van der Waals surface area contributed by atoms with Gasteiger partial charge in [-0.25, -0.2) is 4.79 Å². The Balaban J connectivity index is 3.83. The molecule has 0 saturated heterocycles. The Morgan fingerprint density at radius 1 is 1.38 bits per heavy atom. The van der Waals surface area contributed by atoms with Crippen LogP contribution in [0, 0.1) is 0 Å². The fraction of sp³-hybridized carbons (Fsp3) is 0.889. The van der Waals surface area contributed by atoms with Crippen molar-refractivity contribution in [1.82, 2.24) is 5.06 Å². The Morgan fingerprint density at radius 2 is 1.92 bits per heavy atom. The summed E-state index contributed by atoms with van der Waals surface area (Å²) in [6.45, 7) is 7.95. The van der Waals surface area contributed by atoms with Crippen LogP contribution in [0.3, 0.4) is 0 Å². The van der Waals surface area contributed by atoms with Gasteiger partial charge in [0, 0.05) is 7.05 Å². The monoisotopic (exact) mass is 189 g/mol. The van der Waals surface area contributed by atoms with Crippen molar-refractivity contribution in [2.24, 2.45) is 0 Å². The molecule has 0 fully saturated rings. The van der Waals surface area contributed by atoms with E-state index >= 15 is 0 Å². The second-order valence-electron chi connectivity index (χ2n) is 3.81. The van der Waals surface area contributed by atoms with Gasteiger partial charge in [0.25, 0.3) is 0 Å². The summed E-state index contributed by atoms with van der Waals surface area (Å²) < 4.78 is 5.06. The Morgan fingerprint density at radius 3 is 2.31 bits per heavy atom. The van der Waals surface area contributed by atoms with Crippen LogP contribution in [0.4, 0.5) is 4.79 Å². The van der Waals surface area contributed by atoms with Crippen LogP contribution in [-0.4, -0.2) is 30.4 Å². The van der Waals surface area contributed by atoms with Crippen LogP contribution in [0.2, 0.25) is 0 Å². The maximum absolute atomic E-state index is 11.2. The van der Waals surface area contributed by atoms with Crippen molar-refractivity contribution in [3.8, 4) is 0 Å². The molecule has 1 amide bonds. The quantitative estimate of drug-likeness (QED) is 0.639. The van der Waals surface area contributed by atoms with Gasteiger partial charge in [-0.1, -0.05) is 6.92 Å². The van der Waals surface area contributed by atoms with Gasteiger partial charge >= 0.3 is 6.09 Å². The highest BCUT2D eigenvalue weighted by atomic mass is 16.7. The highest BCUT2D eigenvalue weighted by Crippen LogP contribution is 2.09. The molecule has 0 aromatic rings. The van der Waals surface area contributed by atoms with E-state index in [1.165, 1.54) is 0 Å². The average Bonchev–Trinajstić information content (AvgIpc) is 1.96. The predicted molar refractivity (Wildman–Crippen MR) is 50.2 cm³/mol. The second kappa shape index (κ2) is 5.07. The molecule has 0 spiro atoms. The molecule has 0 aliphatic heterocycles. The number of hydroxylamine groups is 2. The SMILES string of the molecule is CCCON(C)C(=O)OC(C)(C)C. The van der Waals surface area contributed by atoms with E-state index in [2.05, 4.69) is 0 Å². The van der Waals surface area contributed by atoms with Gasteiger partial charge in [-0.3, -0.25) is 4.84 Å². The molecule has 4 heteroatoms. The van der Waals surface area contributed by atoms with Crippen molar-refractivity contribution in [2.45, 2.75) is 39.7 Å². The molecule has 0 rings (SSSR count). The van der Waals surface area contributed by atoms with E-state index in [1.54, 1.807) is 7.05 Å². The molecule has 0 aliphatic rings. The van der Waals surface area contributed by atoms with E-state index in [9.17, 15) is 4.79 Å². The van der Waals surface area contributed by atoms with E-state index in [0.29, 0.717) is 6.61 Å². The molecule has 0 N–H and O–H groups in total. The molecular formula is C9H19NO3. The zero-order valence-corrected chi connectivity index (χ0v) is 9.09. The highest BCUT2D eigenvalue weighted by Gasteiger charge is 2.19. The van der Waals surface area contributed by atoms with Crippen LogP contribution >= 0.6 is 0 Å². The van der Waals surface area contributed by atoms with Crippen molar-refractivity contribution >= 4 is 6.09 Å². The van der Waals surface area contributed by atoms with Crippen LogP contribution in [-0.2, 0) is 9.57 Å². The number of carbonyl (C=O) groups is 1. The minimum Gasteiger partial charge on any atom is -0.442 e. The van der Waals surface area contributed by atoms with Crippen LogP contribution < -0.4 is 0 Å². The Kier molecular flexibility index (Phi) is 4.77. The lowest BCUT2D eigenvalue weighted by Crippen LogP contribution is -2.34. The lowest BCUT2D eigenvalue weighted by Gasteiger charge is -2.23. The summed E-state index contributed by atoms with van der Waals surface area (Å²) in [4.78, 5) is 16.3. The number of hydrogen-bond acceptors (Lipinski definition) is 3. The topological polar surface area (TPSA) is 38.8 Å². The van der Waals surface area contributed by atoms with Gasteiger partial charge in [-0.05, 0) is 27.2 Å². The van der Waals surface area contributed by atoms with Gasteiger partial charge in [0.05, 0.1) is 6.61 Å². The summed E-state index contributed by atoms with van der Waals surface area (Å²) in [6.07, 6.45) is 0.411. The molecule has 0 aromatic heterocycles. The normalized spacial score (nSPS) is 11.2. The molecular weight excluding hydrogens is 170 g/mol. The molecule has 0 heterocycles. The third-order valence-electron chi connectivity index (χ3n) is 1.14. The molecule has 78 valence electrons. The standard InChI is InChI=1S/C9H19NO3/c1-6-7-12-10(5)8(11)13-9(2,3)4/h6-7H2,1-5H3. The fourth-order valence-electron chi connectivity index (χ4n) is 0.607. The van der Waals surface area contributed by atoms with Crippen molar-refractivity contribution < 1.29 is 14.4 Å². The van der Waals surface area contributed by atoms with Gasteiger partial charge < -0.3 is 4.74 Å². The van der Waals surface area contributed by atoms with Crippen molar-refractivity contribution in [3.05, 3.63) is 0 Å². The Bertz CT molecular complexity index is 163. The summed E-state index contributed by atoms with van der Waals surface area (Å²) >= 11 is 0. The lowest BCUT2D eigenvalue weighted by atomic mass is 10.2. The highest BCUT2D eigenvalue weighted by molar-refractivity contribution is 5.66. The maximum Gasteiger partial charge on any atom is 0.434 e. The summed E-state index contributed by atoms with van der Waals surface area (Å²) in [5.41, 5.74) is -0.471. The number of amides is 1. The van der Waals surface area contributed by atoms with Gasteiger partial charge in [0.2, 0.25) is 0 Å². The smallest absolute Gasteiger partial charge is 0.434 e. The zero-order valence-electron chi connectivity index (χ0n) is 9.09. The van der Waals surface area contributed by atoms with Crippen molar-refractivity contribution in [3.63, 3.8) is 0 Å². The van der Waals surface area contributed by atoms with Gasteiger partial charge in [0.1, 0.15) is 5.60 Å². The number of ether oxygens (including phenoxy) is 1. The van der Waals surface area contributed by atoms with Crippen LogP contribution in [0.25, 0.3) is 0 Å². The molecule has 0 atom stereocenters. The second-order valence-corrected chi connectivity index (χ2v) is 3.81. The first kappa shape index (κ1) is 12.2. The van der Waals surface area contributed by atoms with Crippen molar-refractivity contribution in [2.75, 3.05) is 13.7 Å². The molecule has 0 saturated carbocycles. The van der Waals surface area contributed by atoms with Crippen molar-refractivity contribution in [1.29, 1.82) is 0 Å². The molecule has 0 radical (unpaired) electrons. The minimum atomic E-state index is -0.471. The van der Waals surface area contributed by atoms with Gasteiger partial charge in [-0.2, -0.15) is 5.06 Å². The van der Waals surface area contributed by atoms with E-state index < -0.39 is 11.7 Å². The van der Waals surface area contributed by atoms with E-state index in [-0.39, 0.29) is 0 Å². The molecule has 0 aliphatic carbocycles. The maximum atomic E-state index is 11.2. The molecule has 4 nitrogen and oxygen atoms in total. The third-order valence-corrected chi connectivity index (χ3v) is 1.14. The molecule has 0 bridgehead atoms. The molecule has 0 aromatic carbocycles. The summed E-state index contributed by atoms with van der Waals surface area (Å²) in [5, 5.41) is 1.12. The third kappa shape index (κ3) is 6.40. The van der Waals surface area contributed by atoms with E-state index in [0.717, 1.165) is 11.5 Å². The Hall–Kier alpha value is -0.770. The van der Waals surface area contributed by atoms with Crippen LogP contribution in [0.5, 0.6) is 0 Å². The number of carbonyl (C=O) groups excluding carboxylic acids is 1. The van der Waals surface area contributed by atoms with Crippen LogP contribution in [0.15, 0.2) is 0 Å². The number of rotatable bonds is 3. The Labute approximate surface area is 79.8 Å². The van der Waals surface area contributed by atoms with Gasteiger partial charge in [0.15, 0.2) is 0 Å². The van der Waals surface area contributed by atoms with Crippen LogP contribution in [0.1, 0.15) is 34.1 Å². The van der Waals surface area contributed by atoms with E-state index in [1.807, 2.05) is 27.7 Å². The zero-order chi connectivity index (χ0) is 10.5. The average molecular weight is 189 g/mol. The molecule has 13 heavy (non-hydrogen) atoms.